The highest BCUT2D eigenvalue weighted by Crippen LogP contribution is 2.65. The summed E-state index contributed by atoms with van der Waals surface area (Å²) in [6.07, 6.45) is 0. The van der Waals surface area contributed by atoms with Gasteiger partial charge in [0.25, 0.3) is 0 Å². The third kappa shape index (κ3) is 3.59. The van der Waals surface area contributed by atoms with Crippen molar-refractivity contribution in [3.8, 4) is 0 Å². The number of hydrogen-bond acceptors (Lipinski definition) is 2. The van der Waals surface area contributed by atoms with Gasteiger partial charge in [-0.05, 0) is 23.8 Å². The zero-order valence-corrected chi connectivity index (χ0v) is 15.3. The number of benzene rings is 2. The van der Waals surface area contributed by atoms with E-state index in [1.165, 1.54) is 12.1 Å². The second-order valence-electron chi connectivity index (χ2n) is 5.92. The van der Waals surface area contributed by atoms with Gasteiger partial charge in [-0.25, -0.2) is 18.0 Å². The lowest BCUT2D eigenvalue weighted by atomic mass is 10.1. The molecule has 1 aliphatic carbocycles. The molecule has 2 atom stereocenters. The van der Waals surface area contributed by atoms with Crippen molar-refractivity contribution >= 4 is 52.4 Å². The molecule has 0 radical (unpaired) electrons. The van der Waals surface area contributed by atoms with Crippen molar-refractivity contribution in [3.63, 3.8) is 0 Å². The van der Waals surface area contributed by atoms with E-state index in [0.717, 1.165) is 12.1 Å². The van der Waals surface area contributed by atoms with Gasteiger partial charge < -0.3 is 10.4 Å². The molecule has 2 N–H and O–H groups in total. The number of anilines is 1. The van der Waals surface area contributed by atoms with Gasteiger partial charge in [0.05, 0.1) is 10.9 Å². The number of carboxylic acid groups (broad SMARTS) is 1. The first-order valence-corrected chi connectivity index (χ1v) is 8.53. The smallest absolute Gasteiger partial charge is 0.338 e. The monoisotopic (exact) mass is 437 g/mol. The van der Waals surface area contributed by atoms with Crippen LogP contribution in [0, 0.1) is 23.4 Å². The molecule has 0 aliphatic heterocycles. The summed E-state index contributed by atoms with van der Waals surface area (Å²) in [5.41, 5.74) is -0.794. The summed E-state index contributed by atoms with van der Waals surface area (Å²) in [5, 5.41) is 11.0. The Kier molecular flexibility index (Phi) is 5.05. The topological polar surface area (TPSA) is 66.4 Å². The van der Waals surface area contributed by atoms with E-state index in [0.29, 0.717) is 11.6 Å². The molecule has 142 valence electrons. The Labute approximate surface area is 165 Å². The van der Waals surface area contributed by atoms with Gasteiger partial charge in [-0.3, -0.25) is 4.79 Å². The number of hydrogen-bond donors (Lipinski definition) is 2. The number of nitrogens with one attached hydrogen (secondary N) is 1. The molecular formula is C17H9Cl3F3NO3. The third-order valence-electron chi connectivity index (χ3n) is 4.16. The maximum Gasteiger partial charge on any atom is 0.338 e. The van der Waals surface area contributed by atoms with Crippen molar-refractivity contribution in [1.82, 2.24) is 0 Å². The zero-order valence-electron chi connectivity index (χ0n) is 13.1. The molecule has 1 saturated carbocycles. The van der Waals surface area contributed by atoms with E-state index in [1.807, 2.05) is 0 Å². The fourth-order valence-electron chi connectivity index (χ4n) is 2.81. The van der Waals surface area contributed by atoms with Crippen LogP contribution >= 0.6 is 34.8 Å². The van der Waals surface area contributed by atoms with Crippen LogP contribution in [0.4, 0.5) is 18.9 Å². The van der Waals surface area contributed by atoms with Crippen molar-refractivity contribution in [1.29, 1.82) is 0 Å². The van der Waals surface area contributed by atoms with Crippen molar-refractivity contribution in [2.24, 2.45) is 5.92 Å². The normalized spacial score (nSPS) is 20.2. The van der Waals surface area contributed by atoms with Crippen LogP contribution in [0.3, 0.4) is 0 Å². The maximum absolute atomic E-state index is 13.6. The zero-order chi connectivity index (χ0) is 20.1. The Bertz CT molecular complexity index is 968. The molecule has 27 heavy (non-hydrogen) atoms. The minimum atomic E-state index is -1.70. The summed E-state index contributed by atoms with van der Waals surface area (Å²) in [6, 6.07) is 5.17. The quantitative estimate of drug-likeness (QED) is 0.662. The van der Waals surface area contributed by atoms with Gasteiger partial charge in [-0.1, -0.05) is 17.7 Å². The molecule has 1 aliphatic rings. The molecule has 0 spiro atoms. The van der Waals surface area contributed by atoms with Gasteiger partial charge in [-0.2, -0.15) is 0 Å². The Hall–Kier alpha value is -1.96. The number of aromatic carboxylic acids is 1. The molecule has 2 aromatic carbocycles. The van der Waals surface area contributed by atoms with E-state index in [4.69, 9.17) is 39.9 Å². The molecule has 1 fully saturated rings. The predicted octanol–water partition coefficient (Wildman–Crippen LogP) is 4.98. The SMILES string of the molecule is O=C(O)c1cc(NC(=O)C2C(c3ccc(F)c(Cl)c3)C2(Cl)Cl)cc(F)c1F. The molecule has 10 heteroatoms. The fraction of sp³-hybridized carbons (Fsp3) is 0.176. The molecule has 4 nitrogen and oxygen atoms in total. The largest absolute Gasteiger partial charge is 0.478 e. The molecule has 1 amide bonds. The van der Waals surface area contributed by atoms with Gasteiger partial charge in [0, 0.05) is 17.7 Å². The van der Waals surface area contributed by atoms with Gasteiger partial charge in [0.2, 0.25) is 5.91 Å². The van der Waals surface area contributed by atoms with Gasteiger partial charge >= 0.3 is 5.97 Å². The molecule has 2 unspecified atom stereocenters. The summed E-state index contributed by atoms with van der Waals surface area (Å²) in [6.45, 7) is 0. The summed E-state index contributed by atoms with van der Waals surface area (Å²) in [5.74, 6) is -7.79. The summed E-state index contributed by atoms with van der Waals surface area (Å²) in [4.78, 5) is 23.4. The fourth-order valence-corrected chi connectivity index (χ4v) is 3.83. The van der Waals surface area contributed by atoms with Crippen LogP contribution in [0.25, 0.3) is 0 Å². The second-order valence-corrected chi connectivity index (χ2v) is 7.77. The number of rotatable bonds is 4. The molecule has 0 bridgehead atoms. The number of amides is 1. The van der Waals surface area contributed by atoms with E-state index >= 15 is 0 Å². The highest BCUT2D eigenvalue weighted by Gasteiger charge is 2.67. The number of carbonyl (C=O) groups excluding carboxylic acids is 1. The molecule has 0 aromatic heterocycles. The van der Waals surface area contributed by atoms with Crippen LogP contribution in [0.1, 0.15) is 21.8 Å². The summed E-state index contributed by atoms with van der Waals surface area (Å²) in [7, 11) is 0. The van der Waals surface area contributed by atoms with E-state index in [-0.39, 0.29) is 10.7 Å². The number of carboxylic acids is 1. The van der Waals surface area contributed by atoms with Crippen molar-refractivity contribution in [2.45, 2.75) is 10.3 Å². The highest BCUT2D eigenvalue weighted by molar-refractivity contribution is 6.53. The first kappa shape index (κ1) is 19.8. The van der Waals surface area contributed by atoms with Crippen LogP contribution in [-0.2, 0) is 4.79 Å². The lowest BCUT2D eigenvalue weighted by Gasteiger charge is -2.08. The highest BCUT2D eigenvalue weighted by atomic mass is 35.5. The van der Waals surface area contributed by atoms with Gasteiger partial charge in [0.15, 0.2) is 11.6 Å². The molecule has 3 rings (SSSR count). The van der Waals surface area contributed by atoms with Crippen LogP contribution in [0.5, 0.6) is 0 Å². The van der Waals surface area contributed by atoms with E-state index in [1.54, 1.807) is 0 Å². The van der Waals surface area contributed by atoms with Crippen LogP contribution in [0.2, 0.25) is 5.02 Å². The summed E-state index contributed by atoms with van der Waals surface area (Å²) >= 11 is 18.0. The van der Waals surface area contributed by atoms with Crippen LogP contribution < -0.4 is 5.32 Å². The predicted molar refractivity (Wildman–Crippen MR) is 94.0 cm³/mol. The summed E-state index contributed by atoms with van der Waals surface area (Å²) < 4.78 is 38.8. The standard InChI is InChI=1S/C17H9Cl3F3NO3/c18-9-3-6(1-2-10(9)21)12-13(17(12,19)20)15(25)24-7-4-8(16(26)27)14(23)11(22)5-7/h1-5,12-13H,(H,24,25)(H,26,27). The third-order valence-corrected chi connectivity index (χ3v) is 5.39. The lowest BCUT2D eigenvalue weighted by molar-refractivity contribution is -0.117. The van der Waals surface area contributed by atoms with Crippen molar-refractivity contribution in [3.05, 3.63) is 63.9 Å². The van der Waals surface area contributed by atoms with Crippen molar-refractivity contribution in [2.75, 3.05) is 5.32 Å². The van der Waals surface area contributed by atoms with E-state index in [9.17, 15) is 22.8 Å². The van der Waals surface area contributed by atoms with Crippen LogP contribution in [-0.4, -0.2) is 21.3 Å². The molecule has 0 saturated heterocycles. The average Bonchev–Trinajstić information content (AvgIpc) is 3.15. The Morgan fingerprint density at radius 1 is 1.07 bits per heavy atom. The number of halogens is 6. The Balaban J connectivity index is 1.84. The van der Waals surface area contributed by atoms with Crippen LogP contribution in [0.15, 0.2) is 30.3 Å². The number of alkyl halides is 2. The van der Waals surface area contributed by atoms with Crippen molar-refractivity contribution < 1.29 is 27.9 Å². The average molecular weight is 439 g/mol. The molecular weight excluding hydrogens is 430 g/mol. The maximum atomic E-state index is 13.6. The molecule has 0 heterocycles. The first-order chi connectivity index (χ1) is 12.5. The Morgan fingerprint density at radius 2 is 1.74 bits per heavy atom. The lowest BCUT2D eigenvalue weighted by Crippen LogP contribution is -2.18. The first-order valence-electron chi connectivity index (χ1n) is 7.40. The van der Waals surface area contributed by atoms with Gasteiger partial charge in [-0.15, -0.1) is 23.2 Å². The number of carbonyl (C=O) groups is 2. The second kappa shape index (κ2) is 6.89. The van der Waals surface area contributed by atoms with E-state index < -0.39 is 51.1 Å². The van der Waals surface area contributed by atoms with E-state index in [2.05, 4.69) is 5.32 Å². The minimum Gasteiger partial charge on any atom is -0.478 e. The Morgan fingerprint density at radius 3 is 2.33 bits per heavy atom. The molecule has 2 aromatic rings. The minimum absolute atomic E-state index is 0.172. The van der Waals surface area contributed by atoms with Gasteiger partial charge in [0.1, 0.15) is 15.7 Å².